The Bertz CT molecular complexity index is 683. The third kappa shape index (κ3) is 4.35. The first kappa shape index (κ1) is 19.1. The molecule has 3 rings (SSSR count). The van der Waals surface area contributed by atoms with Crippen molar-refractivity contribution < 1.29 is 14.3 Å². The number of aliphatic carboxylic acids is 1. The van der Waals surface area contributed by atoms with Crippen LogP contribution in [0.1, 0.15) is 50.5 Å². The second kappa shape index (κ2) is 8.35. The highest BCUT2D eigenvalue weighted by molar-refractivity contribution is 6.33. The zero-order valence-electron chi connectivity index (χ0n) is 14.7. The summed E-state index contributed by atoms with van der Waals surface area (Å²) in [6, 6.07) is 1.55. The average molecular weight is 382 g/mol. The normalized spacial score (nSPS) is 25.1. The first-order valence-corrected chi connectivity index (χ1v) is 9.63. The molecule has 26 heavy (non-hydrogen) atoms. The number of carboxylic acid groups (broad SMARTS) is 1. The van der Waals surface area contributed by atoms with Crippen LogP contribution >= 0.6 is 11.6 Å². The van der Waals surface area contributed by atoms with E-state index >= 15 is 0 Å². The Labute approximate surface area is 158 Å². The lowest BCUT2D eigenvalue weighted by Crippen LogP contribution is -2.56. The van der Waals surface area contributed by atoms with Crippen molar-refractivity contribution in [1.82, 2.24) is 10.3 Å². The molecule has 1 atom stereocenters. The van der Waals surface area contributed by atoms with Crippen molar-refractivity contribution in [3.63, 3.8) is 0 Å². The number of pyridine rings is 1. The van der Waals surface area contributed by atoms with Crippen LogP contribution < -0.4 is 10.6 Å². The number of carboxylic acids is 1. The van der Waals surface area contributed by atoms with Crippen LogP contribution in [-0.4, -0.2) is 34.7 Å². The largest absolute Gasteiger partial charge is 0.476 e. The molecule has 3 N–H and O–H groups in total. The summed E-state index contributed by atoms with van der Waals surface area (Å²) in [4.78, 5) is 15.0. The molecule has 0 amide bonds. The fourth-order valence-electron chi connectivity index (χ4n) is 4.21. The minimum absolute atomic E-state index is 0.0705. The molecule has 0 unspecified atom stereocenters. The van der Waals surface area contributed by atoms with Crippen LogP contribution in [0.25, 0.3) is 6.08 Å². The van der Waals surface area contributed by atoms with Gasteiger partial charge in [-0.15, -0.1) is 0 Å². The summed E-state index contributed by atoms with van der Waals surface area (Å²) in [6.45, 7) is 1.90. The Morgan fingerprint density at radius 2 is 2.15 bits per heavy atom. The summed E-state index contributed by atoms with van der Waals surface area (Å²) in [5.74, 6) is -1.69. The van der Waals surface area contributed by atoms with Gasteiger partial charge < -0.3 is 15.7 Å². The molecule has 0 bridgehead atoms. The molecule has 0 radical (unpaired) electrons. The van der Waals surface area contributed by atoms with Crippen molar-refractivity contribution in [3.8, 4) is 0 Å². The highest BCUT2D eigenvalue weighted by atomic mass is 35.5. The van der Waals surface area contributed by atoms with Crippen molar-refractivity contribution in [2.45, 2.75) is 50.5 Å². The first-order chi connectivity index (χ1) is 12.5. The van der Waals surface area contributed by atoms with E-state index in [1.165, 1.54) is 38.3 Å². The van der Waals surface area contributed by atoms with Gasteiger partial charge in [0, 0.05) is 12.7 Å². The molecular weight excluding hydrogens is 357 g/mol. The third-order valence-electron chi connectivity index (χ3n) is 5.53. The van der Waals surface area contributed by atoms with Gasteiger partial charge in [-0.3, -0.25) is 0 Å². The Morgan fingerprint density at radius 1 is 1.38 bits per heavy atom. The van der Waals surface area contributed by atoms with Crippen LogP contribution in [-0.2, 0) is 4.79 Å². The van der Waals surface area contributed by atoms with Gasteiger partial charge in [0.05, 0.1) is 10.6 Å². The van der Waals surface area contributed by atoms with Crippen LogP contribution in [0.2, 0.25) is 5.02 Å². The number of piperidine rings is 1. The van der Waals surface area contributed by atoms with Crippen molar-refractivity contribution in [2.24, 2.45) is 5.92 Å². The predicted octanol–water partition coefficient (Wildman–Crippen LogP) is 4.24. The summed E-state index contributed by atoms with van der Waals surface area (Å²) in [7, 11) is 0. The maximum Gasteiger partial charge on any atom is 0.364 e. The van der Waals surface area contributed by atoms with Crippen molar-refractivity contribution in [1.29, 1.82) is 0 Å². The fourth-order valence-corrected chi connectivity index (χ4v) is 4.43. The molecule has 1 saturated heterocycles. The lowest BCUT2D eigenvalue weighted by molar-refractivity contribution is -0.134. The summed E-state index contributed by atoms with van der Waals surface area (Å²) < 4.78 is 13.3. The molecule has 142 valence electrons. The van der Waals surface area contributed by atoms with E-state index in [1.54, 1.807) is 6.07 Å². The maximum absolute atomic E-state index is 13.3. The number of halogens is 2. The molecular formula is C19H25ClFN3O2. The predicted molar refractivity (Wildman–Crippen MR) is 101 cm³/mol. The van der Waals surface area contributed by atoms with Gasteiger partial charge in [0.1, 0.15) is 5.82 Å². The van der Waals surface area contributed by atoms with E-state index in [4.69, 9.17) is 16.7 Å². The minimum atomic E-state index is -1.60. The van der Waals surface area contributed by atoms with E-state index in [1.807, 2.05) is 0 Å². The van der Waals surface area contributed by atoms with Gasteiger partial charge in [-0.05, 0) is 55.9 Å². The standard InChI is InChI=1S/C19H25ClFN3O2/c20-15-9-13(10-16(21)18(25)26)11-23-17(15)24-19(7-4-8-22-12-19)14-5-2-1-3-6-14/h9-11,14,22H,1-8,12H2,(H,23,24)(H,25,26)/b16-10-/t19-/m0/s1. The molecule has 2 heterocycles. The van der Waals surface area contributed by atoms with Crippen molar-refractivity contribution in [3.05, 3.63) is 28.7 Å². The molecule has 0 spiro atoms. The van der Waals surface area contributed by atoms with Gasteiger partial charge in [0.15, 0.2) is 0 Å². The fraction of sp³-hybridized carbons (Fsp3) is 0.579. The average Bonchev–Trinajstić information content (AvgIpc) is 2.65. The molecule has 0 aromatic carbocycles. The van der Waals surface area contributed by atoms with Crippen molar-refractivity contribution >= 4 is 29.5 Å². The summed E-state index contributed by atoms with van der Waals surface area (Å²) in [6.07, 6.45) is 10.8. The Hall–Kier alpha value is -1.66. The van der Waals surface area contributed by atoms with Gasteiger partial charge in [0.25, 0.3) is 0 Å². The quantitative estimate of drug-likeness (QED) is 0.665. The van der Waals surface area contributed by atoms with Crippen LogP contribution in [0.5, 0.6) is 0 Å². The molecule has 2 aliphatic rings. The lowest BCUT2D eigenvalue weighted by Gasteiger charge is -2.46. The maximum atomic E-state index is 13.3. The summed E-state index contributed by atoms with van der Waals surface area (Å²) in [5.41, 5.74) is 0.257. The molecule has 1 aromatic heterocycles. The lowest BCUT2D eigenvalue weighted by atomic mass is 9.71. The zero-order valence-corrected chi connectivity index (χ0v) is 15.5. The highest BCUT2D eigenvalue weighted by Crippen LogP contribution is 2.39. The smallest absolute Gasteiger partial charge is 0.364 e. The summed E-state index contributed by atoms with van der Waals surface area (Å²) in [5, 5.41) is 16.1. The van der Waals surface area contributed by atoms with E-state index in [9.17, 15) is 9.18 Å². The van der Waals surface area contributed by atoms with E-state index < -0.39 is 11.8 Å². The van der Waals surface area contributed by atoms with E-state index in [2.05, 4.69) is 15.6 Å². The number of nitrogens with one attached hydrogen (secondary N) is 2. The molecule has 1 aromatic rings. The molecule has 5 nitrogen and oxygen atoms in total. The number of carbonyl (C=O) groups is 1. The Kier molecular flexibility index (Phi) is 6.14. The molecule has 1 aliphatic carbocycles. The van der Waals surface area contributed by atoms with Gasteiger partial charge in [0.2, 0.25) is 5.83 Å². The monoisotopic (exact) mass is 381 g/mol. The number of rotatable bonds is 5. The molecule has 1 aliphatic heterocycles. The second-order valence-corrected chi connectivity index (χ2v) is 7.70. The van der Waals surface area contributed by atoms with Crippen LogP contribution in [0.4, 0.5) is 10.2 Å². The van der Waals surface area contributed by atoms with E-state index in [-0.39, 0.29) is 5.54 Å². The number of anilines is 1. The molecule has 2 fully saturated rings. The number of nitrogens with zero attached hydrogens (tertiary/aromatic N) is 1. The van der Waals surface area contributed by atoms with Gasteiger partial charge in [-0.1, -0.05) is 30.9 Å². The van der Waals surface area contributed by atoms with Crippen LogP contribution in [0.15, 0.2) is 18.1 Å². The Morgan fingerprint density at radius 3 is 2.77 bits per heavy atom. The minimum Gasteiger partial charge on any atom is -0.476 e. The third-order valence-corrected chi connectivity index (χ3v) is 5.82. The van der Waals surface area contributed by atoms with Crippen LogP contribution in [0.3, 0.4) is 0 Å². The number of hydrogen-bond donors (Lipinski definition) is 3. The van der Waals surface area contributed by atoms with E-state index in [0.29, 0.717) is 22.3 Å². The molecule has 1 saturated carbocycles. The van der Waals surface area contributed by atoms with Crippen molar-refractivity contribution in [2.75, 3.05) is 18.4 Å². The topological polar surface area (TPSA) is 74.2 Å². The number of aromatic nitrogens is 1. The second-order valence-electron chi connectivity index (χ2n) is 7.29. The number of hydrogen-bond acceptors (Lipinski definition) is 4. The summed E-state index contributed by atoms with van der Waals surface area (Å²) >= 11 is 6.37. The first-order valence-electron chi connectivity index (χ1n) is 9.25. The SMILES string of the molecule is O=C(O)/C(F)=C/c1cnc(N[C@@]2(C3CCCCC3)CCCNC2)c(Cl)c1. The van der Waals surface area contributed by atoms with E-state index in [0.717, 1.165) is 32.0 Å². The molecule has 7 heteroatoms. The van der Waals surface area contributed by atoms with Gasteiger partial charge in [-0.2, -0.15) is 4.39 Å². The Balaban J connectivity index is 1.82. The van der Waals surface area contributed by atoms with Gasteiger partial charge >= 0.3 is 5.97 Å². The van der Waals surface area contributed by atoms with Gasteiger partial charge in [-0.25, -0.2) is 9.78 Å². The van der Waals surface area contributed by atoms with Crippen LogP contribution in [0, 0.1) is 5.92 Å². The zero-order chi connectivity index (χ0) is 18.6. The highest BCUT2D eigenvalue weighted by Gasteiger charge is 2.40.